The minimum atomic E-state index is 0.662. The van der Waals surface area contributed by atoms with Gasteiger partial charge < -0.3 is 9.88 Å². The lowest BCUT2D eigenvalue weighted by molar-refractivity contribution is 0.303. The number of hydrogen-bond donors (Lipinski definition) is 1. The van der Waals surface area contributed by atoms with Crippen molar-refractivity contribution in [1.82, 2.24) is 9.55 Å². The number of nitrogens with zero attached hydrogens (tertiary/aromatic N) is 2. The second kappa shape index (κ2) is 6.64. The zero-order valence-electron chi connectivity index (χ0n) is 13.8. The van der Waals surface area contributed by atoms with Crippen LogP contribution in [0, 0.1) is 24.7 Å². The van der Waals surface area contributed by atoms with Crippen molar-refractivity contribution in [2.24, 2.45) is 17.8 Å². The SMILES string of the molecule is Cc1cn(C2CCCC2)c(NCC(C(C)C)C(C)C)n1. The van der Waals surface area contributed by atoms with Gasteiger partial charge in [0.1, 0.15) is 0 Å². The summed E-state index contributed by atoms with van der Waals surface area (Å²) in [5.41, 5.74) is 1.13. The predicted octanol–water partition coefficient (Wildman–Crippen LogP) is 4.65. The van der Waals surface area contributed by atoms with Gasteiger partial charge in [0.25, 0.3) is 0 Å². The molecule has 0 aromatic carbocycles. The van der Waals surface area contributed by atoms with Gasteiger partial charge in [-0.3, -0.25) is 0 Å². The maximum atomic E-state index is 4.70. The zero-order chi connectivity index (χ0) is 14.7. The second-order valence-corrected chi connectivity index (χ2v) is 7.08. The molecule has 1 aromatic heterocycles. The number of anilines is 1. The highest BCUT2D eigenvalue weighted by atomic mass is 15.2. The van der Waals surface area contributed by atoms with E-state index in [-0.39, 0.29) is 0 Å². The van der Waals surface area contributed by atoms with Crippen molar-refractivity contribution in [3.05, 3.63) is 11.9 Å². The summed E-state index contributed by atoms with van der Waals surface area (Å²) in [7, 11) is 0. The molecule has 1 N–H and O–H groups in total. The van der Waals surface area contributed by atoms with Crippen LogP contribution in [0.25, 0.3) is 0 Å². The van der Waals surface area contributed by atoms with Gasteiger partial charge >= 0.3 is 0 Å². The Morgan fingerprint density at radius 1 is 1.20 bits per heavy atom. The molecule has 1 saturated carbocycles. The van der Waals surface area contributed by atoms with E-state index in [1.165, 1.54) is 25.7 Å². The van der Waals surface area contributed by atoms with E-state index < -0.39 is 0 Å². The molecule has 0 unspecified atom stereocenters. The molecule has 0 radical (unpaired) electrons. The summed E-state index contributed by atoms with van der Waals surface area (Å²) < 4.78 is 2.39. The fourth-order valence-corrected chi connectivity index (χ4v) is 3.56. The average Bonchev–Trinajstić information content (AvgIpc) is 2.97. The largest absolute Gasteiger partial charge is 0.355 e. The number of imidazole rings is 1. The van der Waals surface area contributed by atoms with Gasteiger partial charge in [-0.2, -0.15) is 0 Å². The van der Waals surface area contributed by atoms with E-state index in [0.29, 0.717) is 23.8 Å². The lowest BCUT2D eigenvalue weighted by Gasteiger charge is -2.26. The molecular formula is C17H31N3. The molecule has 0 aliphatic heterocycles. The van der Waals surface area contributed by atoms with Crippen molar-refractivity contribution in [3.8, 4) is 0 Å². The van der Waals surface area contributed by atoms with Gasteiger partial charge in [0.15, 0.2) is 0 Å². The topological polar surface area (TPSA) is 29.9 Å². The maximum absolute atomic E-state index is 4.70. The molecule has 0 amide bonds. The van der Waals surface area contributed by atoms with Gasteiger partial charge in [0.05, 0.1) is 5.69 Å². The van der Waals surface area contributed by atoms with E-state index in [1.54, 1.807) is 0 Å². The third-order valence-corrected chi connectivity index (χ3v) is 4.78. The molecule has 2 rings (SSSR count). The first-order valence-electron chi connectivity index (χ1n) is 8.28. The predicted molar refractivity (Wildman–Crippen MR) is 86.1 cm³/mol. The number of aryl methyl sites for hydroxylation is 1. The lowest BCUT2D eigenvalue weighted by atomic mass is 9.85. The van der Waals surface area contributed by atoms with Crippen molar-refractivity contribution in [1.29, 1.82) is 0 Å². The van der Waals surface area contributed by atoms with Crippen molar-refractivity contribution in [2.45, 2.75) is 66.3 Å². The van der Waals surface area contributed by atoms with Crippen LogP contribution in [0.2, 0.25) is 0 Å². The summed E-state index contributed by atoms with van der Waals surface area (Å²) in [5, 5.41) is 3.63. The molecule has 0 spiro atoms. The Hall–Kier alpha value is -0.990. The number of hydrogen-bond acceptors (Lipinski definition) is 2. The van der Waals surface area contributed by atoms with E-state index in [1.807, 2.05) is 0 Å². The van der Waals surface area contributed by atoms with E-state index in [9.17, 15) is 0 Å². The zero-order valence-corrected chi connectivity index (χ0v) is 13.8. The van der Waals surface area contributed by atoms with Gasteiger partial charge in [-0.15, -0.1) is 0 Å². The molecule has 3 heteroatoms. The van der Waals surface area contributed by atoms with E-state index in [0.717, 1.165) is 18.2 Å². The highest BCUT2D eigenvalue weighted by Crippen LogP contribution is 2.32. The summed E-state index contributed by atoms with van der Waals surface area (Å²) >= 11 is 0. The van der Waals surface area contributed by atoms with E-state index in [4.69, 9.17) is 4.98 Å². The molecule has 0 atom stereocenters. The van der Waals surface area contributed by atoms with Crippen LogP contribution in [0.15, 0.2) is 6.20 Å². The molecule has 1 heterocycles. The minimum Gasteiger partial charge on any atom is -0.355 e. The number of rotatable bonds is 6. The van der Waals surface area contributed by atoms with Gasteiger partial charge in [-0.1, -0.05) is 40.5 Å². The van der Waals surface area contributed by atoms with Crippen LogP contribution in [0.5, 0.6) is 0 Å². The van der Waals surface area contributed by atoms with Crippen molar-refractivity contribution in [3.63, 3.8) is 0 Å². The maximum Gasteiger partial charge on any atom is 0.203 e. The Kier molecular flexibility index (Phi) is 5.11. The van der Waals surface area contributed by atoms with Crippen molar-refractivity contribution >= 4 is 5.95 Å². The monoisotopic (exact) mass is 277 g/mol. The van der Waals surface area contributed by atoms with Crippen LogP contribution in [0.1, 0.15) is 65.1 Å². The molecule has 1 fully saturated rings. The van der Waals surface area contributed by atoms with Crippen LogP contribution >= 0.6 is 0 Å². The summed E-state index contributed by atoms with van der Waals surface area (Å²) in [4.78, 5) is 4.70. The van der Waals surface area contributed by atoms with Crippen LogP contribution in [-0.4, -0.2) is 16.1 Å². The first-order chi connectivity index (χ1) is 9.49. The summed E-state index contributed by atoms with van der Waals surface area (Å²) in [6.07, 6.45) is 7.56. The Morgan fingerprint density at radius 3 is 2.35 bits per heavy atom. The molecule has 3 nitrogen and oxygen atoms in total. The Morgan fingerprint density at radius 2 is 1.80 bits per heavy atom. The molecule has 1 aliphatic rings. The second-order valence-electron chi connectivity index (χ2n) is 7.08. The van der Waals surface area contributed by atoms with Crippen LogP contribution in [-0.2, 0) is 0 Å². The van der Waals surface area contributed by atoms with Gasteiger partial charge in [0.2, 0.25) is 5.95 Å². The first-order valence-corrected chi connectivity index (χ1v) is 8.28. The van der Waals surface area contributed by atoms with Crippen molar-refractivity contribution in [2.75, 3.05) is 11.9 Å². The lowest BCUT2D eigenvalue weighted by Crippen LogP contribution is -2.26. The average molecular weight is 277 g/mol. The normalized spacial score (nSPS) is 16.8. The third kappa shape index (κ3) is 3.56. The molecule has 1 aliphatic carbocycles. The number of nitrogens with one attached hydrogen (secondary N) is 1. The summed E-state index contributed by atoms with van der Waals surface area (Å²) in [5.74, 6) is 3.20. The summed E-state index contributed by atoms with van der Waals surface area (Å²) in [6, 6.07) is 0.662. The Balaban J connectivity index is 2.05. The van der Waals surface area contributed by atoms with Gasteiger partial charge in [-0.25, -0.2) is 4.98 Å². The third-order valence-electron chi connectivity index (χ3n) is 4.78. The fraction of sp³-hybridized carbons (Fsp3) is 0.824. The molecule has 1 aromatic rings. The standard InChI is InChI=1S/C17H31N3/c1-12(2)16(13(3)4)10-18-17-19-14(5)11-20(17)15-8-6-7-9-15/h11-13,15-16H,6-10H2,1-5H3,(H,18,19). The molecule has 114 valence electrons. The first kappa shape index (κ1) is 15.4. The minimum absolute atomic E-state index is 0.662. The van der Waals surface area contributed by atoms with Crippen LogP contribution in [0.3, 0.4) is 0 Å². The van der Waals surface area contributed by atoms with Gasteiger partial charge in [0, 0.05) is 18.8 Å². The quantitative estimate of drug-likeness (QED) is 0.820. The van der Waals surface area contributed by atoms with Gasteiger partial charge in [-0.05, 0) is 37.5 Å². The van der Waals surface area contributed by atoms with Crippen LogP contribution < -0.4 is 5.32 Å². The van der Waals surface area contributed by atoms with Crippen molar-refractivity contribution < 1.29 is 0 Å². The summed E-state index contributed by atoms with van der Waals surface area (Å²) in [6.45, 7) is 12.4. The van der Waals surface area contributed by atoms with E-state index in [2.05, 4.69) is 50.7 Å². The Labute approximate surface area is 124 Å². The highest BCUT2D eigenvalue weighted by molar-refractivity contribution is 5.30. The number of aromatic nitrogens is 2. The molecule has 20 heavy (non-hydrogen) atoms. The fourth-order valence-electron chi connectivity index (χ4n) is 3.56. The van der Waals surface area contributed by atoms with Crippen LogP contribution in [0.4, 0.5) is 5.95 Å². The molecular weight excluding hydrogens is 246 g/mol. The highest BCUT2D eigenvalue weighted by Gasteiger charge is 2.22. The Bertz CT molecular complexity index is 406. The van der Waals surface area contributed by atoms with E-state index >= 15 is 0 Å². The molecule has 0 saturated heterocycles. The molecule has 0 bridgehead atoms. The smallest absolute Gasteiger partial charge is 0.203 e.